The first-order valence-electron chi connectivity index (χ1n) is 5.12. The Morgan fingerprint density at radius 3 is 3.27 bits per heavy atom. The zero-order chi connectivity index (χ0) is 10.5. The topological polar surface area (TPSA) is 34.9 Å². The number of imidazole rings is 1. The lowest BCUT2D eigenvalue weighted by atomic mass is 9.72. The van der Waals surface area contributed by atoms with Gasteiger partial charge < -0.3 is 4.57 Å². The van der Waals surface area contributed by atoms with Gasteiger partial charge in [0, 0.05) is 6.54 Å². The van der Waals surface area contributed by atoms with Gasteiger partial charge >= 0.3 is 0 Å². The number of carbonyl (C=O) groups excluding carboxylic acids is 1. The Bertz CT molecular complexity index is 495. The standard InChI is InChI=1S/C12H12N2O/c1-12-7-14-8-13-6-10(14)5-9(12)3-2-4-11(12)15/h2,4-6,8H,3,7H2,1H3. The van der Waals surface area contributed by atoms with Crippen LogP contribution in [0.5, 0.6) is 0 Å². The van der Waals surface area contributed by atoms with Crippen LogP contribution in [0.2, 0.25) is 0 Å². The summed E-state index contributed by atoms with van der Waals surface area (Å²) in [6.07, 6.45) is 10.3. The van der Waals surface area contributed by atoms with Crippen molar-refractivity contribution in [2.45, 2.75) is 19.9 Å². The molecule has 1 aliphatic heterocycles. The Hall–Kier alpha value is -1.64. The Labute approximate surface area is 88.1 Å². The normalized spacial score (nSPS) is 28.3. The molecular weight excluding hydrogens is 188 g/mol. The third kappa shape index (κ3) is 1.06. The molecule has 0 saturated carbocycles. The molecule has 1 unspecified atom stereocenters. The van der Waals surface area contributed by atoms with Crippen molar-refractivity contribution < 1.29 is 4.79 Å². The van der Waals surface area contributed by atoms with E-state index in [9.17, 15) is 4.79 Å². The molecule has 1 atom stereocenters. The van der Waals surface area contributed by atoms with Gasteiger partial charge in [-0.05, 0) is 31.1 Å². The molecule has 0 spiro atoms. The van der Waals surface area contributed by atoms with Crippen molar-refractivity contribution in [2.24, 2.45) is 5.41 Å². The zero-order valence-corrected chi connectivity index (χ0v) is 8.60. The third-order valence-electron chi connectivity index (χ3n) is 3.41. The van der Waals surface area contributed by atoms with E-state index in [0.717, 1.165) is 18.7 Å². The molecule has 3 rings (SSSR count). The van der Waals surface area contributed by atoms with Crippen LogP contribution >= 0.6 is 0 Å². The minimum Gasteiger partial charge on any atom is -0.330 e. The average Bonchev–Trinajstić information content (AvgIpc) is 2.63. The molecule has 0 aromatic carbocycles. The van der Waals surface area contributed by atoms with Crippen molar-refractivity contribution in [1.29, 1.82) is 0 Å². The van der Waals surface area contributed by atoms with Crippen LogP contribution in [0, 0.1) is 5.41 Å². The van der Waals surface area contributed by atoms with Crippen molar-refractivity contribution in [3.05, 3.63) is 35.9 Å². The summed E-state index contributed by atoms with van der Waals surface area (Å²) in [4.78, 5) is 16.0. The van der Waals surface area contributed by atoms with E-state index in [2.05, 4.69) is 11.1 Å². The van der Waals surface area contributed by atoms with Crippen molar-refractivity contribution in [3.63, 3.8) is 0 Å². The summed E-state index contributed by atoms with van der Waals surface area (Å²) >= 11 is 0. The molecule has 15 heavy (non-hydrogen) atoms. The van der Waals surface area contributed by atoms with Gasteiger partial charge in [-0.25, -0.2) is 4.98 Å². The maximum atomic E-state index is 11.9. The lowest BCUT2D eigenvalue weighted by Crippen LogP contribution is -2.37. The van der Waals surface area contributed by atoms with Crippen LogP contribution in [0.25, 0.3) is 6.08 Å². The Morgan fingerprint density at radius 2 is 2.40 bits per heavy atom. The van der Waals surface area contributed by atoms with Gasteiger partial charge in [-0.1, -0.05) is 6.08 Å². The number of allylic oxidation sites excluding steroid dienone is 3. The van der Waals surface area contributed by atoms with Crippen molar-refractivity contribution in [3.8, 4) is 0 Å². The van der Waals surface area contributed by atoms with E-state index in [1.165, 1.54) is 5.57 Å². The number of ketones is 1. The molecule has 0 bridgehead atoms. The predicted molar refractivity (Wildman–Crippen MR) is 57.1 cm³/mol. The van der Waals surface area contributed by atoms with Crippen molar-refractivity contribution in [2.75, 3.05) is 0 Å². The first-order valence-corrected chi connectivity index (χ1v) is 5.12. The van der Waals surface area contributed by atoms with Crippen LogP contribution in [0.4, 0.5) is 0 Å². The number of carbonyl (C=O) groups is 1. The predicted octanol–water partition coefficient (Wildman–Crippen LogP) is 1.82. The molecule has 1 aromatic rings. The fourth-order valence-electron chi connectivity index (χ4n) is 2.36. The first kappa shape index (κ1) is 8.65. The quantitative estimate of drug-likeness (QED) is 0.640. The number of nitrogens with zero attached hydrogens (tertiary/aromatic N) is 2. The maximum absolute atomic E-state index is 11.9. The largest absolute Gasteiger partial charge is 0.330 e. The molecule has 1 aromatic heterocycles. The lowest BCUT2D eigenvalue weighted by molar-refractivity contribution is -0.122. The Morgan fingerprint density at radius 1 is 1.53 bits per heavy atom. The number of fused-ring (bicyclic) bond motifs is 2. The van der Waals surface area contributed by atoms with Gasteiger partial charge in [0.05, 0.1) is 23.6 Å². The Balaban J connectivity index is 2.18. The van der Waals surface area contributed by atoms with Crippen molar-refractivity contribution >= 4 is 11.9 Å². The molecule has 0 N–H and O–H groups in total. The van der Waals surface area contributed by atoms with Crippen LogP contribution in [-0.4, -0.2) is 15.3 Å². The highest BCUT2D eigenvalue weighted by atomic mass is 16.1. The van der Waals surface area contributed by atoms with E-state index in [-0.39, 0.29) is 11.2 Å². The molecule has 0 saturated heterocycles. The van der Waals surface area contributed by atoms with Crippen molar-refractivity contribution in [1.82, 2.24) is 9.55 Å². The summed E-state index contributed by atoms with van der Waals surface area (Å²) in [7, 11) is 0. The molecule has 1 aliphatic carbocycles. The van der Waals surface area contributed by atoms with Gasteiger partial charge in [-0.2, -0.15) is 0 Å². The van der Waals surface area contributed by atoms with E-state index in [1.807, 2.05) is 23.8 Å². The van der Waals surface area contributed by atoms with E-state index >= 15 is 0 Å². The summed E-state index contributed by atoms with van der Waals surface area (Å²) in [6, 6.07) is 0. The molecule has 2 aliphatic rings. The molecular formula is C12H12N2O. The summed E-state index contributed by atoms with van der Waals surface area (Å²) in [5.41, 5.74) is 1.97. The van der Waals surface area contributed by atoms with Gasteiger partial charge in [-0.3, -0.25) is 4.79 Å². The second-order valence-corrected chi connectivity index (χ2v) is 4.42. The highest BCUT2D eigenvalue weighted by Crippen LogP contribution is 2.40. The van der Waals surface area contributed by atoms with E-state index in [4.69, 9.17) is 0 Å². The van der Waals surface area contributed by atoms with Crippen LogP contribution in [0.15, 0.2) is 30.2 Å². The fraction of sp³-hybridized carbons (Fsp3) is 0.333. The number of hydrogen-bond donors (Lipinski definition) is 0. The smallest absolute Gasteiger partial charge is 0.167 e. The number of rotatable bonds is 0. The molecule has 3 heteroatoms. The number of hydrogen-bond acceptors (Lipinski definition) is 2. The van der Waals surface area contributed by atoms with Gasteiger partial charge in [0.15, 0.2) is 5.78 Å². The summed E-state index contributed by atoms with van der Waals surface area (Å²) in [5, 5.41) is 0. The van der Waals surface area contributed by atoms with E-state index in [1.54, 1.807) is 12.4 Å². The summed E-state index contributed by atoms with van der Waals surface area (Å²) < 4.78 is 2.04. The van der Waals surface area contributed by atoms with Crippen LogP contribution < -0.4 is 0 Å². The third-order valence-corrected chi connectivity index (χ3v) is 3.41. The highest BCUT2D eigenvalue weighted by Gasteiger charge is 2.39. The van der Waals surface area contributed by atoms with Gasteiger partial charge in [0.25, 0.3) is 0 Å². The lowest BCUT2D eigenvalue weighted by Gasteiger charge is -2.35. The Kier molecular flexibility index (Phi) is 1.55. The van der Waals surface area contributed by atoms with Gasteiger partial charge in [0.2, 0.25) is 0 Å². The molecule has 2 heterocycles. The monoisotopic (exact) mass is 200 g/mol. The zero-order valence-electron chi connectivity index (χ0n) is 8.60. The minimum absolute atomic E-state index is 0.208. The minimum atomic E-state index is -0.345. The fourth-order valence-corrected chi connectivity index (χ4v) is 2.36. The van der Waals surface area contributed by atoms with E-state index < -0.39 is 0 Å². The van der Waals surface area contributed by atoms with Crippen LogP contribution in [-0.2, 0) is 11.3 Å². The molecule has 76 valence electrons. The molecule has 0 radical (unpaired) electrons. The molecule has 3 nitrogen and oxygen atoms in total. The summed E-state index contributed by atoms with van der Waals surface area (Å²) in [5.74, 6) is 0.208. The number of aromatic nitrogens is 2. The average molecular weight is 200 g/mol. The maximum Gasteiger partial charge on any atom is 0.167 e. The SMILES string of the molecule is CC12Cn3cncc3C=C1CC=CC2=O. The summed E-state index contributed by atoms with van der Waals surface area (Å²) in [6.45, 7) is 2.74. The highest BCUT2D eigenvalue weighted by molar-refractivity contribution is 5.99. The van der Waals surface area contributed by atoms with Gasteiger partial charge in [-0.15, -0.1) is 0 Å². The first-order chi connectivity index (χ1) is 7.20. The van der Waals surface area contributed by atoms with E-state index in [0.29, 0.717) is 0 Å². The molecule has 0 fully saturated rings. The second-order valence-electron chi connectivity index (χ2n) is 4.42. The van der Waals surface area contributed by atoms with Gasteiger partial charge in [0.1, 0.15) is 0 Å². The molecule has 0 amide bonds. The van der Waals surface area contributed by atoms with Crippen LogP contribution in [0.1, 0.15) is 19.0 Å². The van der Waals surface area contributed by atoms with Crippen LogP contribution in [0.3, 0.4) is 0 Å². The second kappa shape index (κ2) is 2.69.